The smallest absolute Gasteiger partial charge is 0.221 e. The number of hydrogen-bond acceptors (Lipinski definition) is 4. The van der Waals surface area contributed by atoms with Gasteiger partial charge in [-0.1, -0.05) is 0 Å². The van der Waals surface area contributed by atoms with E-state index in [0.29, 0.717) is 24.8 Å². The summed E-state index contributed by atoms with van der Waals surface area (Å²) in [6.07, 6.45) is 4.49. The highest BCUT2D eigenvalue weighted by Crippen LogP contribution is 2.22. The molecule has 5 heteroatoms. The Labute approximate surface area is 113 Å². The normalized spacial score (nSPS) is 14.3. The molecule has 0 bridgehead atoms. The number of anilines is 1. The fourth-order valence-electron chi connectivity index (χ4n) is 1.69. The quantitative estimate of drug-likeness (QED) is 0.789. The van der Waals surface area contributed by atoms with Crippen LogP contribution in [0.25, 0.3) is 0 Å². The van der Waals surface area contributed by atoms with E-state index in [9.17, 15) is 4.79 Å². The molecular weight excluding hydrogens is 242 g/mol. The summed E-state index contributed by atoms with van der Waals surface area (Å²) in [7, 11) is 0. The van der Waals surface area contributed by atoms with Crippen LogP contribution in [0.4, 0.5) is 5.82 Å². The molecule has 1 saturated carbocycles. The molecule has 2 N–H and O–H groups in total. The molecular formula is C14H21N3O2. The van der Waals surface area contributed by atoms with E-state index in [1.54, 1.807) is 6.20 Å². The maximum absolute atomic E-state index is 11.5. The maximum Gasteiger partial charge on any atom is 0.221 e. The molecule has 0 aromatic carbocycles. The average molecular weight is 263 g/mol. The third-order valence-corrected chi connectivity index (χ3v) is 2.72. The Morgan fingerprint density at radius 3 is 3.00 bits per heavy atom. The molecule has 1 aromatic heterocycles. The lowest BCUT2D eigenvalue weighted by Crippen LogP contribution is -2.27. The minimum Gasteiger partial charge on any atom is -0.487 e. The number of rotatable bonds is 7. The number of pyridine rings is 1. The summed E-state index contributed by atoms with van der Waals surface area (Å²) in [5, 5.41) is 6.10. The lowest BCUT2D eigenvalue weighted by molar-refractivity contribution is -0.120. The van der Waals surface area contributed by atoms with Gasteiger partial charge in [-0.05, 0) is 38.8 Å². The SMILES string of the molecule is CC(C)Oc1cccnc1NCCC(=O)NC1CC1. The summed E-state index contributed by atoms with van der Waals surface area (Å²) < 4.78 is 5.65. The van der Waals surface area contributed by atoms with Crippen molar-refractivity contribution in [2.75, 3.05) is 11.9 Å². The lowest BCUT2D eigenvalue weighted by Gasteiger charge is -2.14. The summed E-state index contributed by atoms with van der Waals surface area (Å²) in [5.41, 5.74) is 0. The van der Waals surface area contributed by atoms with E-state index in [1.165, 1.54) is 0 Å². The van der Waals surface area contributed by atoms with E-state index in [1.807, 2.05) is 26.0 Å². The lowest BCUT2D eigenvalue weighted by atomic mass is 10.3. The van der Waals surface area contributed by atoms with Crippen molar-refractivity contribution in [1.29, 1.82) is 0 Å². The van der Waals surface area contributed by atoms with E-state index in [0.717, 1.165) is 18.6 Å². The van der Waals surface area contributed by atoms with E-state index in [2.05, 4.69) is 15.6 Å². The van der Waals surface area contributed by atoms with Crippen LogP contribution >= 0.6 is 0 Å². The largest absolute Gasteiger partial charge is 0.487 e. The molecule has 1 aromatic rings. The van der Waals surface area contributed by atoms with Gasteiger partial charge in [0, 0.05) is 25.2 Å². The van der Waals surface area contributed by atoms with Crippen molar-refractivity contribution in [2.24, 2.45) is 0 Å². The predicted octanol–water partition coefficient (Wildman–Crippen LogP) is 1.95. The highest BCUT2D eigenvalue weighted by Gasteiger charge is 2.22. The van der Waals surface area contributed by atoms with E-state index in [-0.39, 0.29) is 12.0 Å². The first kappa shape index (κ1) is 13.6. The Bertz CT molecular complexity index is 430. The molecule has 104 valence electrons. The first-order valence-corrected chi connectivity index (χ1v) is 6.80. The van der Waals surface area contributed by atoms with Gasteiger partial charge in [-0.2, -0.15) is 0 Å². The molecule has 1 amide bonds. The number of carbonyl (C=O) groups excluding carboxylic acids is 1. The molecule has 2 rings (SSSR count). The molecule has 0 radical (unpaired) electrons. The third kappa shape index (κ3) is 4.77. The molecule has 0 atom stereocenters. The molecule has 19 heavy (non-hydrogen) atoms. The zero-order valence-corrected chi connectivity index (χ0v) is 11.5. The Morgan fingerprint density at radius 1 is 1.53 bits per heavy atom. The van der Waals surface area contributed by atoms with Crippen LogP contribution in [-0.4, -0.2) is 29.6 Å². The van der Waals surface area contributed by atoms with Crippen LogP contribution in [0.5, 0.6) is 5.75 Å². The molecule has 1 fully saturated rings. The highest BCUT2D eigenvalue weighted by molar-refractivity contribution is 5.77. The van der Waals surface area contributed by atoms with Crippen molar-refractivity contribution in [3.63, 3.8) is 0 Å². The molecule has 1 aliphatic carbocycles. The average Bonchev–Trinajstić information content (AvgIpc) is 3.14. The number of carbonyl (C=O) groups is 1. The number of nitrogens with zero attached hydrogens (tertiary/aromatic N) is 1. The summed E-state index contributed by atoms with van der Waals surface area (Å²) in [6.45, 7) is 4.50. The third-order valence-electron chi connectivity index (χ3n) is 2.72. The van der Waals surface area contributed by atoms with Gasteiger partial charge in [0.15, 0.2) is 11.6 Å². The Hall–Kier alpha value is -1.78. The van der Waals surface area contributed by atoms with Crippen LogP contribution in [0.15, 0.2) is 18.3 Å². The first-order chi connectivity index (χ1) is 9.15. The minimum absolute atomic E-state index is 0.0947. The summed E-state index contributed by atoms with van der Waals surface area (Å²) in [5.74, 6) is 1.51. The zero-order chi connectivity index (χ0) is 13.7. The predicted molar refractivity (Wildman–Crippen MR) is 74.3 cm³/mol. The number of aromatic nitrogens is 1. The van der Waals surface area contributed by atoms with Gasteiger partial charge in [-0.25, -0.2) is 4.98 Å². The van der Waals surface area contributed by atoms with Crippen LogP contribution in [-0.2, 0) is 4.79 Å². The summed E-state index contributed by atoms with van der Waals surface area (Å²) in [4.78, 5) is 15.8. The molecule has 1 aliphatic rings. The highest BCUT2D eigenvalue weighted by atomic mass is 16.5. The molecule has 0 saturated heterocycles. The molecule has 1 heterocycles. The van der Waals surface area contributed by atoms with Gasteiger partial charge in [-0.3, -0.25) is 4.79 Å². The van der Waals surface area contributed by atoms with Gasteiger partial charge in [0.2, 0.25) is 5.91 Å². The van der Waals surface area contributed by atoms with Gasteiger partial charge in [0.1, 0.15) is 0 Å². The number of nitrogens with one attached hydrogen (secondary N) is 2. The number of hydrogen-bond donors (Lipinski definition) is 2. The van der Waals surface area contributed by atoms with Crippen molar-refractivity contribution in [1.82, 2.24) is 10.3 Å². The van der Waals surface area contributed by atoms with Crippen molar-refractivity contribution in [3.8, 4) is 5.75 Å². The Balaban J connectivity index is 1.79. The number of amides is 1. The Morgan fingerprint density at radius 2 is 2.32 bits per heavy atom. The van der Waals surface area contributed by atoms with Gasteiger partial charge >= 0.3 is 0 Å². The summed E-state index contributed by atoms with van der Waals surface area (Å²) in [6, 6.07) is 4.13. The van der Waals surface area contributed by atoms with Crippen LogP contribution in [0.1, 0.15) is 33.1 Å². The first-order valence-electron chi connectivity index (χ1n) is 6.80. The van der Waals surface area contributed by atoms with Crippen molar-refractivity contribution < 1.29 is 9.53 Å². The standard InChI is InChI=1S/C14H21N3O2/c1-10(2)19-12-4-3-8-15-14(12)16-9-7-13(18)17-11-5-6-11/h3-4,8,10-11H,5-7,9H2,1-2H3,(H,15,16)(H,17,18). The van der Waals surface area contributed by atoms with Gasteiger partial charge in [-0.15, -0.1) is 0 Å². The number of ether oxygens (including phenoxy) is 1. The Kier molecular flexibility index (Phi) is 4.60. The fraction of sp³-hybridized carbons (Fsp3) is 0.571. The van der Waals surface area contributed by atoms with E-state index < -0.39 is 0 Å². The fourth-order valence-corrected chi connectivity index (χ4v) is 1.69. The molecule has 0 spiro atoms. The van der Waals surface area contributed by atoms with Crippen LogP contribution < -0.4 is 15.4 Å². The van der Waals surface area contributed by atoms with E-state index in [4.69, 9.17) is 4.74 Å². The van der Waals surface area contributed by atoms with Crippen molar-refractivity contribution in [2.45, 2.75) is 45.3 Å². The molecule has 5 nitrogen and oxygen atoms in total. The minimum atomic E-state index is 0.0947. The van der Waals surface area contributed by atoms with Crippen LogP contribution in [0, 0.1) is 0 Å². The van der Waals surface area contributed by atoms with E-state index >= 15 is 0 Å². The topological polar surface area (TPSA) is 63.2 Å². The second-order valence-corrected chi connectivity index (χ2v) is 5.04. The maximum atomic E-state index is 11.5. The monoisotopic (exact) mass is 263 g/mol. The van der Waals surface area contributed by atoms with Gasteiger partial charge in [0.25, 0.3) is 0 Å². The summed E-state index contributed by atoms with van der Waals surface area (Å²) >= 11 is 0. The van der Waals surface area contributed by atoms with Gasteiger partial charge < -0.3 is 15.4 Å². The second kappa shape index (κ2) is 6.41. The zero-order valence-electron chi connectivity index (χ0n) is 11.5. The van der Waals surface area contributed by atoms with Crippen LogP contribution in [0.3, 0.4) is 0 Å². The van der Waals surface area contributed by atoms with Gasteiger partial charge in [0.05, 0.1) is 6.10 Å². The van der Waals surface area contributed by atoms with Crippen molar-refractivity contribution in [3.05, 3.63) is 18.3 Å². The second-order valence-electron chi connectivity index (χ2n) is 5.04. The van der Waals surface area contributed by atoms with Crippen molar-refractivity contribution >= 4 is 11.7 Å². The van der Waals surface area contributed by atoms with Crippen LogP contribution in [0.2, 0.25) is 0 Å². The molecule has 0 aliphatic heterocycles. The molecule has 0 unspecified atom stereocenters.